The number of hydrogen-bond donors (Lipinski definition) is 2. The molecule has 8 heteroatoms. The monoisotopic (exact) mass is 452 g/mol. The second-order valence-electron chi connectivity index (χ2n) is 10.4. The molecule has 2 N–H and O–H groups in total. The lowest BCUT2D eigenvalue weighted by molar-refractivity contribution is -0.237. The topological polar surface area (TPSA) is 101 Å². The van der Waals surface area contributed by atoms with Crippen LogP contribution in [0.25, 0.3) is 0 Å². The fourth-order valence-electron chi connectivity index (χ4n) is 7.49. The third-order valence-corrected chi connectivity index (χ3v) is 9.05. The molecule has 176 valence electrons. The van der Waals surface area contributed by atoms with Gasteiger partial charge in [0.15, 0.2) is 11.5 Å². The van der Waals surface area contributed by atoms with Gasteiger partial charge >= 0.3 is 11.9 Å². The van der Waals surface area contributed by atoms with Gasteiger partial charge in [0.25, 0.3) is 0 Å². The largest absolute Gasteiger partial charge is 0.478 e. The zero-order chi connectivity index (χ0) is 23.9. The number of hydrogen-bond acceptors (Lipinski definition) is 5. The summed E-state index contributed by atoms with van der Waals surface area (Å²) in [7, 11) is 0. The average Bonchev–Trinajstić information content (AvgIpc) is 2.93. The number of aliphatic hydroxyl groups excluding tert-OH is 1. The number of allylic oxidation sites excluding steroid dienone is 4. The molecule has 4 aliphatic rings. The van der Waals surface area contributed by atoms with Crippen molar-refractivity contribution < 1.29 is 38.1 Å². The third-order valence-electron chi connectivity index (χ3n) is 9.05. The number of alkyl halides is 2. The summed E-state index contributed by atoms with van der Waals surface area (Å²) in [6.07, 6.45) is 0.0529. The van der Waals surface area contributed by atoms with Gasteiger partial charge < -0.3 is 14.9 Å². The summed E-state index contributed by atoms with van der Waals surface area (Å²) in [4.78, 5) is 36.7. The number of fused-ring (bicyclic) bond motifs is 5. The maximum Gasteiger partial charge on any atom is 0.349 e. The van der Waals surface area contributed by atoms with E-state index in [4.69, 9.17) is 4.74 Å². The number of carboxylic acids is 1. The maximum atomic E-state index is 17.1. The molecule has 0 aliphatic heterocycles. The molecule has 32 heavy (non-hydrogen) atoms. The van der Waals surface area contributed by atoms with Crippen LogP contribution in [-0.2, 0) is 19.1 Å². The second-order valence-corrected chi connectivity index (χ2v) is 10.4. The van der Waals surface area contributed by atoms with Gasteiger partial charge in [-0.2, -0.15) is 0 Å². The number of carbonyl (C=O) groups is 3. The average molecular weight is 452 g/mol. The summed E-state index contributed by atoms with van der Waals surface area (Å²) in [5.74, 6) is -4.78. The number of halogens is 2. The maximum absolute atomic E-state index is 17.1. The van der Waals surface area contributed by atoms with Crippen LogP contribution in [-0.4, -0.2) is 51.5 Å². The SMILES string of the molecule is CCC(=O)O[C@@]1(C(=O)O)[C@H](C)C[C@@H]2[C@@H]3C[C@H](F)C4=CC(=O)C=C[C@]4(C)C3(F)[C@@H](O)C[C@@]21C. The van der Waals surface area contributed by atoms with Crippen LogP contribution in [0.1, 0.15) is 53.4 Å². The molecule has 0 radical (unpaired) electrons. The fraction of sp³-hybridized carbons (Fsp3) is 0.708. The van der Waals surface area contributed by atoms with Crippen molar-refractivity contribution in [2.24, 2.45) is 28.6 Å². The number of carboxylic acid groups (broad SMARTS) is 1. The zero-order valence-corrected chi connectivity index (χ0v) is 18.7. The standard InChI is InChI=1S/C24H30F2O6/c1-5-19(29)32-24(20(30)31)12(2)8-14-15-10-17(25)16-9-13(27)6-7-21(16,3)23(15,26)18(28)11-22(14,24)4/h6-7,9,12,14-15,17-18,28H,5,8,10-11H2,1-4H3,(H,30,31)/t12-,14-,15+,17+,18+,21+,22+,23?,24-/m1/s1. The van der Waals surface area contributed by atoms with Crippen LogP contribution in [0, 0.1) is 28.6 Å². The van der Waals surface area contributed by atoms with Crippen LogP contribution in [0.2, 0.25) is 0 Å². The molecule has 0 saturated heterocycles. The van der Waals surface area contributed by atoms with Crippen LogP contribution in [0.4, 0.5) is 8.78 Å². The Morgan fingerprint density at radius 3 is 2.50 bits per heavy atom. The van der Waals surface area contributed by atoms with E-state index in [1.165, 1.54) is 19.1 Å². The molecular formula is C24H30F2O6. The first-order valence-electron chi connectivity index (χ1n) is 11.2. The summed E-state index contributed by atoms with van der Waals surface area (Å²) in [5, 5.41) is 21.5. The second kappa shape index (κ2) is 6.95. The summed E-state index contributed by atoms with van der Waals surface area (Å²) in [6, 6.07) is 0. The van der Waals surface area contributed by atoms with E-state index in [0.717, 1.165) is 6.08 Å². The molecular weight excluding hydrogens is 422 g/mol. The molecule has 0 amide bonds. The van der Waals surface area contributed by atoms with Crippen molar-refractivity contribution in [2.75, 3.05) is 0 Å². The first-order valence-corrected chi connectivity index (χ1v) is 11.2. The van der Waals surface area contributed by atoms with E-state index in [-0.39, 0.29) is 31.3 Å². The van der Waals surface area contributed by atoms with Gasteiger partial charge in [-0.15, -0.1) is 0 Å². The predicted octanol–water partition coefficient (Wildman–Crippen LogP) is 3.33. The first kappa shape index (κ1) is 23.1. The normalized spacial score (nSPS) is 49.5. The van der Waals surface area contributed by atoms with Crippen molar-refractivity contribution in [1.82, 2.24) is 0 Å². The van der Waals surface area contributed by atoms with Gasteiger partial charge in [0.2, 0.25) is 5.60 Å². The van der Waals surface area contributed by atoms with E-state index in [1.807, 2.05) is 0 Å². The van der Waals surface area contributed by atoms with E-state index in [0.29, 0.717) is 0 Å². The van der Waals surface area contributed by atoms with Crippen molar-refractivity contribution >= 4 is 17.7 Å². The van der Waals surface area contributed by atoms with Crippen LogP contribution < -0.4 is 0 Å². The molecule has 0 spiro atoms. The Morgan fingerprint density at radius 1 is 1.25 bits per heavy atom. The minimum Gasteiger partial charge on any atom is -0.478 e. The highest BCUT2D eigenvalue weighted by atomic mass is 19.1. The first-order chi connectivity index (χ1) is 14.8. The van der Waals surface area contributed by atoms with E-state index >= 15 is 8.78 Å². The highest BCUT2D eigenvalue weighted by molar-refractivity contribution is 6.01. The molecule has 0 aromatic heterocycles. The summed E-state index contributed by atoms with van der Waals surface area (Å²) in [5.41, 5.74) is -7.07. The quantitative estimate of drug-likeness (QED) is 0.637. The molecule has 6 nitrogen and oxygen atoms in total. The minimum absolute atomic E-state index is 0.0133. The van der Waals surface area contributed by atoms with E-state index in [1.54, 1.807) is 20.8 Å². The Balaban J connectivity index is 1.87. The molecule has 0 bridgehead atoms. The van der Waals surface area contributed by atoms with E-state index < -0.39 is 69.9 Å². The van der Waals surface area contributed by atoms with Gasteiger partial charge in [-0.25, -0.2) is 13.6 Å². The molecule has 9 atom stereocenters. The Hall–Kier alpha value is -2.09. The van der Waals surface area contributed by atoms with Gasteiger partial charge in [0.1, 0.15) is 6.17 Å². The van der Waals surface area contributed by atoms with Crippen LogP contribution in [0.15, 0.2) is 23.8 Å². The molecule has 4 aliphatic carbocycles. The number of aliphatic carboxylic acids is 1. The Labute approximate surface area is 185 Å². The third kappa shape index (κ3) is 2.50. The Bertz CT molecular complexity index is 945. The van der Waals surface area contributed by atoms with E-state index in [2.05, 4.69) is 0 Å². The smallest absolute Gasteiger partial charge is 0.349 e. The number of ketones is 1. The summed E-state index contributed by atoms with van der Waals surface area (Å²) < 4.78 is 38.1. The number of rotatable bonds is 3. The lowest BCUT2D eigenvalue weighted by atomic mass is 9.44. The van der Waals surface area contributed by atoms with Crippen molar-refractivity contribution in [2.45, 2.75) is 76.9 Å². The number of esters is 1. The van der Waals surface area contributed by atoms with Crippen LogP contribution >= 0.6 is 0 Å². The van der Waals surface area contributed by atoms with Crippen molar-refractivity contribution in [3.05, 3.63) is 23.8 Å². The summed E-state index contributed by atoms with van der Waals surface area (Å²) in [6.45, 7) is 6.31. The summed E-state index contributed by atoms with van der Waals surface area (Å²) >= 11 is 0. The molecule has 0 aromatic rings. The zero-order valence-electron chi connectivity index (χ0n) is 18.7. The van der Waals surface area contributed by atoms with Crippen LogP contribution in [0.5, 0.6) is 0 Å². The number of carbonyl (C=O) groups excluding carboxylic acids is 2. The molecule has 0 aromatic carbocycles. The number of ether oxygens (including phenoxy) is 1. The molecule has 4 rings (SSSR count). The predicted molar refractivity (Wildman–Crippen MR) is 110 cm³/mol. The van der Waals surface area contributed by atoms with Gasteiger partial charge in [-0.1, -0.05) is 26.8 Å². The van der Waals surface area contributed by atoms with Gasteiger partial charge in [0, 0.05) is 29.1 Å². The lowest BCUT2D eigenvalue weighted by Gasteiger charge is -2.62. The molecule has 0 heterocycles. The highest BCUT2D eigenvalue weighted by Crippen LogP contribution is 2.71. The lowest BCUT2D eigenvalue weighted by Crippen LogP contribution is -2.71. The minimum atomic E-state index is -2.30. The molecule has 3 saturated carbocycles. The van der Waals surface area contributed by atoms with Crippen molar-refractivity contribution in [3.63, 3.8) is 0 Å². The Kier molecular flexibility index (Phi) is 5.02. The van der Waals surface area contributed by atoms with Gasteiger partial charge in [-0.05, 0) is 49.8 Å². The molecule has 1 unspecified atom stereocenters. The van der Waals surface area contributed by atoms with Gasteiger partial charge in [0.05, 0.1) is 6.10 Å². The number of aliphatic hydroxyl groups is 1. The van der Waals surface area contributed by atoms with Crippen molar-refractivity contribution in [1.29, 1.82) is 0 Å². The van der Waals surface area contributed by atoms with E-state index in [9.17, 15) is 24.6 Å². The Morgan fingerprint density at radius 2 is 1.91 bits per heavy atom. The molecule has 3 fully saturated rings. The van der Waals surface area contributed by atoms with Crippen LogP contribution in [0.3, 0.4) is 0 Å². The van der Waals surface area contributed by atoms with Gasteiger partial charge in [-0.3, -0.25) is 9.59 Å². The van der Waals surface area contributed by atoms with Crippen molar-refractivity contribution in [3.8, 4) is 0 Å². The fourth-order valence-corrected chi connectivity index (χ4v) is 7.49. The highest BCUT2D eigenvalue weighted by Gasteiger charge is 2.78.